The maximum Gasteiger partial charge on any atom is 0.317 e. The number of nitrogens with one attached hydrogen (secondary N) is 1. The summed E-state index contributed by atoms with van der Waals surface area (Å²) in [6, 6.07) is 0.607. The summed E-state index contributed by atoms with van der Waals surface area (Å²) in [5, 5.41) is 12.6. The first kappa shape index (κ1) is 16.0. The number of thioether (sulfide) groups is 1. The average Bonchev–Trinajstić information content (AvgIpc) is 2.80. The number of carbonyl (C=O) groups is 1. The molecule has 0 spiro atoms. The number of hydrogen-bond acceptors (Lipinski definition) is 3. The van der Waals surface area contributed by atoms with E-state index in [4.69, 9.17) is 0 Å². The van der Waals surface area contributed by atoms with Crippen LogP contribution >= 0.6 is 11.8 Å². The molecule has 0 unspecified atom stereocenters. The van der Waals surface area contributed by atoms with Gasteiger partial charge in [-0.25, -0.2) is 4.79 Å². The molecule has 2 fully saturated rings. The Hall–Kier alpha value is -0.420. The second-order valence-corrected chi connectivity index (χ2v) is 7.80. The third-order valence-electron chi connectivity index (χ3n) is 4.25. The lowest BCUT2D eigenvalue weighted by molar-refractivity contribution is 0.107. The fourth-order valence-electron chi connectivity index (χ4n) is 3.31. The Morgan fingerprint density at radius 2 is 2.10 bits per heavy atom. The Kier molecular flexibility index (Phi) is 5.61. The van der Waals surface area contributed by atoms with E-state index in [2.05, 4.69) is 10.2 Å². The van der Waals surface area contributed by atoms with E-state index >= 15 is 0 Å². The Morgan fingerprint density at radius 3 is 2.85 bits per heavy atom. The maximum absolute atomic E-state index is 12.2. The van der Waals surface area contributed by atoms with Gasteiger partial charge in [0.15, 0.2) is 0 Å². The summed E-state index contributed by atoms with van der Waals surface area (Å²) in [7, 11) is 0. The molecule has 1 aliphatic heterocycles. The van der Waals surface area contributed by atoms with Crippen LogP contribution < -0.4 is 5.32 Å². The van der Waals surface area contributed by atoms with Gasteiger partial charge in [-0.2, -0.15) is 11.8 Å². The largest absolute Gasteiger partial charge is 0.390 e. The summed E-state index contributed by atoms with van der Waals surface area (Å²) in [5.74, 6) is 2.31. The number of fused-ring (bicyclic) bond motifs is 1. The Balaban J connectivity index is 1.65. The second-order valence-electron chi connectivity index (χ2n) is 6.69. The summed E-state index contributed by atoms with van der Waals surface area (Å²) < 4.78 is 0. The minimum Gasteiger partial charge on any atom is -0.390 e. The van der Waals surface area contributed by atoms with Crippen molar-refractivity contribution in [3.05, 3.63) is 0 Å². The highest BCUT2D eigenvalue weighted by atomic mass is 32.2. The quantitative estimate of drug-likeness (QED) is 0.767. The molecule has 0 aromatic rings. The molecule has 2 atom stereocenters. The molecular formula is C15H28N2O2S. The van der Waals surface area contributed by atoms with Gasteiger partial charge < -0.3 is 15.3 Å². The first-order valence-corrected chi connectivity index (χ1v) is 8.97. The van der Waals surface area contributed by atoms with Crippen molar-refractivity contribution in [3.8, 4) is 0 Å². The van der Waals surface area contributed by atoms with Gasteiger partial charge in [-0.3, -0.25) is 0 Å². The molecule has 5 heteroatoms. The zero-order valence-electron chi connectivity index (χ0n) is 12.7. The van der Waals surface area contributed by atoms with E-state index in [0.29, 0.717) is 18.3 Å². The van der Waals surface area contributed by atoms with E-state index in [1.165, 1.54) is 32.1 Å². The number of likely N-dealkylation sites (tertiary alicyclic amines) is 1. The summed E-state index contributed by atoms with van der Waals surface area (Å²) in [5.41, 5.74) is -0.626. The minimum absolute atomic E-state index is 0.114. The third kappa shape index (κ3) is 4.55. The van der Waals surface area contributed by atoms with Crippen molar-refractivity contribution >= 4 is 17.8 Å². The predicted octanol–water partition coefficient (Wildman–Crippen LogP) is 2.46. The summed E-state index contributed by atoms with van der Waals surface area (Å²) >= 11 is 1.68. The van der Waals surface area contributed by atoms with Crippen LogP contribution in [-0.2, 0) is 0 Å². The van der Waals surface area contributed by atoms with Gasteiger partial charge in [0.2, 0.25) is 0 Å². The zero-order valence-corrected chi connectivity index (χ0v) is 13.5. The highest BCUT2D eigenvalue weighted by Crippen LogP contribution is 2.35. The maximum atomic E-state index is 12.2. The molecule has 0 bridgehead atoms. The van der Waals surface area contributed by atoms with Gasteiger partial charge in [0.25, 0.3) is 0 Å². The molecule has 0 radical (unpaired) electrons. The van der Waals surface area contributed by atoms with Crippen LogP contribution in [0.5, 0.6) is 0 Å². The standard InChI is InChI=1S/C15H28N2O2S/c1-15(2,19)11-20-10-8-16-14(18)17-9-7-12-5-3-4-6-13(12)17/h12-13,19H,3-11H2,1-2H3,(H,16,18)/t12-,13-/m0/s1. The summed E-state index contributed by atoms with van der Waals surface area (Å²) in [6.45, 7) is 5.24. The van der Waals surface area contributed by atoms with Crippen molar-refractivity contribution in [1.82, 2.24) is 10.2 Å². The van der Waals surface area contributed by atoms with Crippen LogP contribution in [0, 0.1) is 5.92 Å². The Bertz CT molecular complexity index is 330. The minimum atomic E-state index is -0.626. The molecule has 20 heavy (non-hydrogen) atoms. The molecule has 1 saturated heterocycles. The molecule has 1 saturated carbocycles. The number of urea groups is 1. The molecule has 4 nitrogen and oxygen atoms in total. The van der Waals surface area contributed by atoms with Crippen LogP contribution in [0.4, 0.5) is 4.79 Å². The first-order chi connectivity index (χ1) is 9.47. The number of nitrogens with zero attached hydrogens (tertiary/aromatic N) is 1. The highest BCUT2D eigenvalue weighted by molar-refractivity contribution is 7.99. The van der Waals surface area contributed by atoms with Crippen molar-refractivity contribution < 1.29 is 9.90 Å². The summed E-state index contributed by atoms with van der Waals surface area (Å²) in [4.78, 5) is 14.3. The third-order valence-corrected chi connectivity index (χ3v) is 5.65. The van der Waals surface area contributed by atoms with E-state index in [1.54, 1.807) is 11.8 Å². The fourth-order valence-corrected chi connectivity index (χ4v) is 4.20. The number of hydrogen-bond donors (Lipinski definition) is 2. The van der Waals surface area contributed by atoms with Gasteiger partial charge in [0.05, 0.1) is 5.60 Å². The van der Waals surface area contributed by atoms with Crippen LogP contribution in [-0.4, -0.2) is 52.3 Å². The van der Waals surface area contributed by atoms with Crippen molar-refractivity contribution in [2.24, 2.45) is 5.92 Å². The SMILES string of the molecule is CC(C)(O)CSCCNC(=O)N1CC[C@@H]2CCCC[C@@H]21. The molecule has 1 heterocycles. The molecular weight excluding hydrogens is 272 g/mol. The van der Waals surface area contributed by atoms with E-state index < -0.39 is 5.60 Å². The van der Waals surface area contributed by atoms with E-state index in [0.717, 1.165) is 18.2 Å². The van der Waals surface area contributed by atoms with Gasteiger partial charge in [-0.05, 0) is 39.0 Å². The fraction of sp³-hybridized carbons (Fsp3) is 0.933. The van der Waals surface area contributed by atoms with Gasteiger partial charge in [-0.1, -0.05) is 12.8 Å². The number of carbonyl (C=O) groups excluding carboxylic acids is 1. The molecule has 116 valence electrons. The van der Waals surface area contributed by atoms with Crippen LogP contribution in [0.25, 0.3) is 0 Å². The van der Waals surface area contributed by atoms with Crippen LogP contribution in [0.15, 0.2) is 0 Å². The van der Waals surface area contributed by atoms with Crippen LogP contribution in [0.2, 0.25) is 0 Å². The van der Waals surface area contributed by atoms with Crippen molar-refractivity contribution in [1.29, 1.82) is 0 Å². The normalized spacial score (nSPS) is 26.4. The number of aliphatic hydroxyl groups is 1. The molecule has 2 rings (SSSR count). The van der Waals surface area contributed by atoms with Gasteiger partial charge >= 0.3 is 6.03 Å². The highest BCUT2D eigenvalue weighted by Gasteiger charge is 2.37. The van der Waals surface area contributed by atoms with E-state index in [9.17, 15) is 9.90 Å². The van der Waals surface area contributed by atoms with E-state index in [1.807, 2.05) is 13.8 Å². The average molecular weight is 300 g/mol. The van der Waals surface area contributed by atoms with Crippen molar-refractivity contribution in [3.63, 3.8) is 0 Å². The van der Waals surface area contributed by atoms with Crippen LogP contribution in [0.3, 0.4) is 0 Å². The lowest BCUT2D eigenvalue weighted by atomic mass is 9.85. The lowest BCUT2D eigenvalue weighted by Gasteiger charge is -2.31. The van der Waals surface area contributed by atoms with Crippen LogP contribution in [0.1, 0.15) is 46.0 Å². The zero-order chi connectivity index (χ0) is 14.6. The van der Waals surface area contributed by atoms with Crippen molar-refractivity contribution in [2.45, 2.75) is 57.6 Å². The first-order valence-electron chi connectivity index (χ1n) is 7.82. The topological polar surface area (TPSA) is 52.6 Å². The smallest absolute Gasteiger partial charge is 0.317 e. The van der Waals surface area contributed by atoms with E-state index in [-0.39, 0.29) is 6.03 Å². The van der Waals surface area contributed by atoms with Gasteiger partial charge in [-0.15, -0.1) is 0 Å². The number of amides is 2. The lowest BCUT2D eigenvalue weighted by Crippen LogP contribution is -2.45. The Labute approximate surface area is 126 Å². The summed E-state index contributed by atoms with van der Waals surface area (Å²) in [6.07, 6.45) is 6.28. The monoisotopic (exact) mass is 300 g/mol. The number of rotatable bonds is 5. The predicted molar refractivity (Wildman–Crippen MR) is 84.1 cm³/mol. The van der Waals surface area contributed by atoms with Gasteiger partial charge in [0, 0.05) is 30.6 Å². The molecule has 1 aliphatic carbocycles. The molecule has 0 aromatic carbocycles. The Morgan fingerprint density at radius 1 is 1.35 bits per heavy atom. The molecule has 2 aliphatic rings. The molecule has 2 amide bonds. The molecule has 2 N–H and O–H groups in total. The molecule has 0 aromatic heterocycles. The van der Waals surface area contributed by atoms with Crippen molar-refractivity contribution in [2.75, 3.05) is 24.6 Å². The van der Waals surface area contributed by atoms with Gasteiger partial charge in [0.1, 0.15) is 0 Å². The second kappa shape index (κ2) is 7.03.